The number of carbonyl (C=O) groups excluding carboxylic acids is 1. The summed E-state index contributed by atoms with van der Waals surface area (Å²) >= 11 is 1.76. The number of pyridine rings is 1. The predicted molar refractivity (Wildman–Crippen MR) is 131 cm³/mol. The van der Waals surface area contributed by atoms with Crippen molar-refractivity contribution in [3.05, 3.63) is 96.3 Å². The standard InChI is InChI=1S/C27H22N2OS/c1-17-16-20(14-15-28-17)19-10-12-21(13-11-19)29-27(30)18(2)22-7-5-8-24-23-6-3-4-9-25(23)31-26(22)24/h3-16,18H,1-2H3,(H,29,30). The summed E-state index contributed by atoms with van der Waals surface area (Å²) in [5, 5.41) is 5.55. The molecule has 2 aromatic heterocycles. The van der Waals surface area contributed by atoms with E-state index in [1.165, 1.54) is 20.2 Å². The molecule has 1 amide bonds. The molecular weight excluding hydrogens is 400 g/mol. The number of hydrogen-bond acceptors (Lipinski definition) is 3. The van der Waals surface area contributed by atoms with Crippen LogP contribution in [0.5, 0.6) is 0 Å². The average molecular weight is 423 g/mol. The highest BCUT2D eigenvalue weighted by molar-refractivity contribution is 7.26. The summed E-state index contributed by atoms with van der Waals surface area (Å²) in [7, 11) is 0. The van der Waals surface area contributed by atoms with E-state index in [1.54, 1.807) is 11.3 Å². The number of hydrogen-bond donors (Lipinski definition) is 1. The first-order valence-electron chi connectivity index (χ1n) is 10.3. The molecule has 152 valence electrons. The first-order chi connectivity index (χ1) is 15.1. The molecule has 0 saturated heterocycles. The van der Waals surface area contributed by atoms with Crippen LogP contribution in [0.25, 0.3) is 31.3 Å². The molecule has 0 bridgehead atoms. The van der Waals surface area contributed by atoms with Crippen LogP contribution >= 0.6 is 11.3 Å². The quantitative estimate of drug-likeness (QED) is 0.334. The molecule has 0 aliphatic heterocycles. The second-order valence-electron chi connectivity index (χ2n) is 7.80. The zero-order valence-electron chi connectivity index (χ0n) is 17.4. The fraction of sp³-hybridized carbons (Fsp3) is 0.111. The fourth-order valence-corrected chi connectivity index (χ4v) is 5.28. The molecule has 1 atom stereocenters. The van der Waals surface area contributed by atoms with Crippen LogP contribution < -0.4 is 5.32 Å². The van der Waals surface area contributed by atoms with Crippen LogP contribution in [0.15, 0.2) is 85.1 Å². The van der Waals surface area contributed by atoms with Gasteiger partial charge in [0.1, 0.15) is 0 Å². The summed E-state index contributed by atoms with van der Waals surface area (Å²) in [6, 6.07) is 26.7. The van der Waals surface area contributed by atoms with Gasteiger partial charge in [0.05, 0.1) is 5.92 Å². The molecule has 0 saturated carbocycles. The molecule has 0 spiro atoms. The van der Waals surface area contributed by atoms with Gasteiger partial charge in [-0.15, -0.1) is 11.3 Å². The number of nitrogens with one attached hydrogen (secondary N) is 1. The Morgan fingerprint density at radius 2 is 1.68 bits per heavy atom. The zero-order chi connectivity index (χ0) is 21.4. The van der Waals surface area contributed by atoms with Crippen LogP contribution in [-0.2, 0) is 4.79 Å². The number of carbonyl (C=O) groups is 1. The Kier molecular flexibility index (Phi) is 5.00. The third-order valence-corrected chi connectivity index (χ3v) is 6.91. The Hall–Kier alpha value is -3.50. The lowest BCUT2D eigenvalue weighted by Crippen LogP contribution is -2.18. The van der Waals surface area contributed by atoms with E-state index in [2.05, 4.69) is 52.8 Å². The molecule has 1 unspecified atom stereocenters. The van der Waals surface area contributed by atoms with Crippen molar-refractivity contribution >= 4 is 43.1 Å². The van der Waals surface area contributed by atoms with Gasteiger partial charge in [-0.25, -0.2) is 0 Å². The number of aromatic nitrogens is 1. The Balaban J connectivity index is 1.39. The minimum atomic E-state index is -0.251. The molecule has 4 heteroatoms. The van der Waals surface area contributed by atoms with Gasteiger partial charge in [0, 0.05) is 37.8 Å². The van der Waals surface area contributed by atoms with E-state index in [1.807, 2.05) is 56.4 Å². The Labute approximate surface area is 185 Å². The lowest BCUT2D eigenvalue weighted by atomic mass is 9.98. The minimum absolute atomic E-state index is 0.00235. The number of thiophene rings is 1. The summed E-state index contributed by atoms with van der Waals surface area (Å²) in [6.07, 6.45) is 1.82. The largest absolute Gasteiger partial charge is 0.326 e. The molecule has 5 aromatic rings. The molecule has 1 N–H and O–H groups in total. The average Bonchev–Trinajstić information content (AvgIpc) is 3.18. The van der Waals surface area contributed by atoms with Crippen LogP contribution in [0.1, 0.15) is 24.1 Å². The topological polar surface area (TPSA) is 42.0 Å². The molecule has 0 aliphatic rings. The Morgan fingerprint density at radius 1 is 0.903 bits per heavy atom. The molecule has 0 fully saturated rings. The lowest BCUT2D eigenvalue weighted by Gasteiger charge is -2.14. The number of aryl methyl sites for hydroxylation is 1. The molecule has 31 heavy (non-hydrogen) atoms. The predicted octanol–water partition coefficient (Wildman–Crippen LogP) is 7.17. The molecule has 3 aromatic carbocycles. The van der Waals surface area contributed by atoms with Crippen LogP contribution in [-0.4, -0.2) is 10.9 Å². The van der Waals surface area contributed by atoms with Crippen molar-refractivity contribution in [2.24, 2.45) is 0 Å². The third kappa shape index (κ3) is 3.71. The highest BCUT2D eigenvalue weighted by Crippen LogP contribution is 2.38. The van der Waals surface area contributed by atoms with Gasteiger partial charge in [0.15, 0.2) is 0 Å². The summed E-state index contributed by atoms with van der Waals surface area (Å²) < 4.78 is 2.44. The van der Waals surface area contributed by atoms with E-state index in [9.17, 15) is 4.79 Å². The van der Waals surface area contributed by atoms with Gasteiger partial charge in [-0.3, -0.25) is 9.78 Å². The van der Waals surface area contributed by atoms with Crippen molar-refractivity contribution < 1.29 is 4.79 Å². The second kappa shape index (κ2) is 7.97. The van der Waals surface area contributed by atoms with Crippen molar-refractivity contribution in [2.45, 2.75) is 19.8 Å². The van der Waals surface area contributed by atoms with Gasteiger partial charge in [-0.2, -0.15) is 0 Å². The molecule has 5 rings (SSSR count). The maximum absolute atomic E-state index is 13.1. The van der Waals surface area contributed by atoms with Gasteiger partial charge in [0.2, 0.25) is 5.91 Å². The monoisotopic (exact) mass is 422 g/mol. The smallest absolute Gasteiger partial charge is 0.231 e. The summed E-state index contributed by atoms with van der Waals surface area (Å²) in [5.41, 5.74) is 5.08. The van der Waals surface area contributed by atoms with Crippen LogP contribution in [0.4, 0.5) is 5.69 Å². The van der Waals surface area contributed by atoms with Crippen LogP contribution in [0, 0.1) is 6.92 Å². The maximum atomic E-state index is 13.1. The lowest BCUT2D eigenvalue weighted by molar-refractivity contribution is -0.117. The first-order valence-corrected chi connectivity index (χ1v) is 11.2. The second-order valence-corrected chi connectivity index (χ2v) is 8.85. The highest BCUT2D eigenvalue weighted by Gasteiger charge is 2.19. The van der Waals surface area contributed by atoms with Gasteiger partial charge in [0.25, 0.3) is 0 Å². The summed E-state index contributed by atoms with van der Waals surface area (Å²) in [6.45, 7) is 3.96. The molecule has 0 radical (unpaired) electrons. The molecule has 0 aliphatic carbocycles. The van der Waals surface area contributed by atoms with Crippen molar-refractivity contribution in [1.29, 1.82) is 0 Å². The number of anilines is 1. The maximum Gasteiger partial charge on any atom is 0.231 e. The van der Waals surface area contributed by atoms with Crippen LogP contribution in [0.2, 0.25) is 0 Å². The normalized spacial score (nSPS) is 12.2. The van der Waals surface area contributed by atoms with Crippen molar-refractivity contribution in [1.82, 2.24) is 4.98 Å². The summed E-state index contributed by atoms with van der Waals surface area (Å²) in [4.78, 5) is 17.3. The third-order valence-electron chi connectivity index (χ3n) is 5.68. The van der Waals surface area contributed by atoms with Gasteiger partial charge >= 0.3 is 0 Å². The Morgan fingerprint density at radius 3 is 2.48 bits per heavy atom. The van der Waals surface area contributed by atoms with Crippen molar-refractivity contribution in [3.63, 3.8) is 0 Å². The van der Waals surface area contributed by atoms with Gasteiger partial charge in [-0.05, 0) is 60.9 Å². The van der Waals surface area contributed by atoms with Gasteiger partial charge in [-0.1, -0.05) is 48.5 Å². The van der Waals surface area contributed by atoms with E-state index in [-0.39, 0.29) is 11.8 Å². The number of rotatable bonds is 4. The van der Waals surface area contributed by atoms with E-state index in [0.717, 1.165) is 28.1 Å². The van der Waals surface area contributed by atoms with Crippen LogP contribution in [0.3, 0.4) is 0 Å². The molecule has 3 nitrogen and oxygen atoms in total. The van der Waals surface area contributed by atoms with E-state index >= 15 is 0 Å². The summed E-state index contributed by atoms with van der Waals surface area (Å²) in [5.74, 6) is -0.253. The van der Waals surface area contributed by atoms with Crippen molar-refractivity contribution in [2.75, 3.05) is 5.32 Å². The first kappa shape index (κ1) is 19.5. The van der Waals surface area contributed by atoms with E-state index in [0.29, 0.717) is 0 Å². The molecule has 2 heterocycles. The van der Waals surface area contributed by atoms with Crippen molar-refractivity contribution in [3.8, 4) is 11.1 Å². The fourth-order valence-electron chi connectivity index (χ4n) is 3.97. The van der Waals surface area contributed by atoms with E-state index < -0.39 is 0 Å². The van der Waals surface area contributed by atoms with Gasteiger partial charge < -0.3 is 5.32 Å². The zero-order valence-corrected chi connectivity index (χ0v) is 18.2. The Bertz CT molecular complexity index is 1400. The number of amides is 1. The minimum Gasteiger partial charge on any atom is -0.326 e. The van der Waals surface area contributed by atoms with E-state index in [4.69, 9.17) is 0 Å². The highest BCUT2D eigenvalue weighted by atomic mass is 32.1. The number of benzene rings is 3. The number of nitrogens with zero attached hydrogens (tertiary/aromatic N) is 1. The SMILES string of the molecule is Cc1cc(-c2ccc(NC(=O)C(C)c3cccc4c3sc3ccccc34)cc2)ccn1. The number of fused-ring (bicyclic) bond motifs is 3. The molecular formula is C27H22N2OS.